The van der Waals surface area contributed by atoms with Crippen LogP contribution in [-0.4, -0.2) is 16.7 Å². The zero-order valence-electron chi connectivity index (χ0n) is 15.4. The molecular weight excluding hydrogens is 374 g/mol. The molecule has 29 heavy (non-hydrogen) atoms. The van der Waals surface area contributed by atoms with Gasteiger partial charge in [-0.05, 0) is 37.3 Å². The summed E-state index contributed by atoms with van der Waals surface area (Å²) in [6, 6.07) is 15.7. The van der Waals surface area contributed by atoms with Crippen molar-refractivity contribution < 1.29 is 18.9 Å². The third-order valence-corrected chi connectivity index (χ3v) is 3.95. The molecule has 0 saturated carbocycles. The van der Waals surface area contributed by atoms with E-state index in [1.165, 1.54) is 30.5 Å². The molecule has 0 aliphatic heterocycles. The van der Waals surface area contributed by atoms with E-state index >= 15 is 0 Å². The zero-order valence-corrected chi connectivity index (χ0v) is 15.4. The number of furan rings is 1. The number of nitro benzene ring substituents is 1. The van der Waals surface area contributed by atoms with Crippen LogP contribution in [0.4, 0.5) is 11.4 Å². The van der Waals surface area contributed by atoms with Crippen LogP contribution in [-0.2, 0) is 4.79 Å². The Balaban J connectivity index is 1.85. The SMILES string of the molecule is Cc1ccc(NC(=O)/C(=C\c2ccco2)NC(=O)c2cccc([N+](=O)[O-])c2)cc1. The lowest BCUT2D eigenvalue weighted by molar-refractivity contribution is -0.384. The van der Waals surface area contributed by atoms with Gasteiger partial charge in [-0.2, -0.15) is 0 Å². The van der Waals surface area contributed by atoms with E-state index in [0.717, 1.165) is 11.6 Å². The fourth-order valence-corrected chi connectivity index (χ4v) is 2.46. The van der Waals surface area contributed by atoms with Crippen molar-refractivity contribution in [3.63, 3.8) is 0 Å². The summed E-state index contributed by atoms with van der Waals surface area (Å²) in [4.78, 5) is 35.6. The lowest BCUT2D eigenvalue weighted by atomic mass is 10.2. The summed E-state index contributed by atoms with van der Waals surface area (Å²) in [7, 11) is 0. The number of nitrogens with one attached hydrogen (secondary N) is 2. The van der Waals surface area contributed by atoms with Gasteiger partial charge in [-0.25, -0.2) is 0 Å². The molecule has 8 heteroatoms. The lowest BCUT2D eigenvalue weighted by Crippen LogP contribution is -2.30. The van der Waals surface area contributed by atoms with E-state index in [0.29, 0.717) is 11.4 Å². The average molecular weight is 391 g/mol. The van der Waals surface area contributed by atoms with E-state index in [-0.39, 0.29) is 16.9 Å². The molecule has 0 aliphatic carbocycles. The van der Waals surface area contributed by atoms with Gasteiger partial charge in [0.05, 0.1) is 11.2 Å². The van der Waals surface area contributed by atoms with Gasteiger partial charge in [0.2, 0.25) is 0 Å². The van der Waals surface area contributed by atoms with E-state index in [2.05, 4.69) is 10.6 Å². The highest BCUT2D eigenvalue weighted by Crippen LogP contribution is 2.15. The molecule has 146 valence electrons. The predicted octanol–water partition coefficient (Wildman–Crippen LogP) is 3.91. The molecule has 2 N–H and O–H groups in total. The van der Waals surface area contributed by atoms with Crippen molar-refractivity contribution in [2.75, 3.05) is 5.32 Å². The fourth-order valence-electron chi connectivity index (χ4n) is 2.46. The third kappa shape index (κ3) is 5.16. The number of carbonyl (C=O) groups is 2. The zero-order chi connectivity index (χ0) is 20.8. The van der Waals surface area contributed by atoms with Crippen molar-refractivity contribution in [2.24, 2.45) is 0 Å². The molecule has 2 amide bonds. The number of benzene rings is 2. The number of hydrogen-bond donors (Lipinski definition) is 2. The van der Waals surface area contributed by atoms with E-state index < -0.39 is 16.7 Å². The molecule has 0 fully saturated rings. The second-order valence-corrected chi connectivity index (χ2v) is 6.16. The van der Waals surface area contributed by atoms with Crippen molar-refractivity contribution in [1.29, 1.82) is 0 Å². The largest absolute Gasteiger partial charge is 0.465 e. The van der Waals surface area contributed by atoms with Crippen LogP contribution in [0, 0.1) is 17.0 Å². The van der Waals surface area contributed by atoms with Gasteiger partial charge in [-0.15, -0.1) is 0 Å². The van der Waals surface area contributed by atoms with E-state index in [1.54, 1.807) is 24.3 Å². The number of nitrogens with zero attached hydrogens (tertiary/aromatic N) is 1. The average Bonchev–Trinajstić information content (AvgIpc) is 3.22. The van der Waals surface area contributed by atoms with Gasteiger partial charge in [0.15, 0.2) is 0 Å². The number of amides is 2. The van der Waals surface area contributed by atoms with E-state index in [9.17, 15) is 19.7 Å². The van der Waals surface area contributed by atoms with Crippen LogP contribution in [0.25, 0.3) is 6.08 Å². The van der Waals surface area contributed by atoms with E-state index in [1.807, 2.05) is 19.1 Å². The molecule has 3 rings (SSSR count). The number of carbonyl (C=O) groups excluding carboxylic acids is 2. The Morgan fingerprint density at radius 2 is 1.83 bits per heavy atom. The number of rotatable bonds is 6. The molecule has 1 aromatic heterocycles. The first-order chi connectivity index (χ1) is 13.9. The molecule has 0 bridgehead atoms. The van der Waals surface area contributed by atoms with Crippen LogP contribution in [0.15, 0.2) is 77.0 Å². The molecule has 1 heterocycles. The smallest absolute Gasteiger partial charge is 0.272 e. The Morgan fingerprint density at radius 3 is 2.48 bits per heavy atom. The van der Waals surface area contributed by atoms with Gasteiger partial charge in [0, 0.05) is 29.5 Å². The number of anilines is 1. The summed E-state index contributed by atoms with van der Waals surface area (Å²) in [6.07, 6.45) is 2.81. The van der Waals surface area contributed by atoms with Crippen LogP contribution < -0.4 is 10.6 Å². The molecule has 2 aromatic carbocycles. The molecule has 0 aliphatic rings. The van der Waals surface area contributed by atoms with Crippen molar-refractivity contribution >= 4 is 29.3 Å². The topological polar surface area (TPSA) is 114 Å². The number of aryl methyl sites for hydroxylation is 1. The normalized spacial score (nSPS) is 11.0. The van der Waals surface area contributed by atoms with Gasteiger partial charge >= 0.3 is 0 Å². The van der Waals surface area contributed by atoms with Crippen LogP contribution in [0.5, 0.6) is 0 Å². The molecule has 0 spiro atoms. The van der Waals surface area contributed by atoms with Gasteiger partial charge < -0.3 is 15.1 Å². The molecule has 0 atom stereocenters. The maximum atomic E-state index is 12.7. The second-order valence-electron chi connectivity index (χ2n) is 6.16. The minimum atomic E-state index is -0.662. The predicted molar refractivity (Wildman–Crippen MR) is 107 cm³/mol. The van der Waals surface area contributed by atoms with E-state index in [4.69, 9.17) is 4.42 Å². The van der Waals surface area contributed by atoms with Crippen LogP contribution >= 0.6 is 0 Å². The summed E-state index contributed by atoms with van der Waals surface area (Å²) in [5.41, 5.74) is 1.34. The summed E-state index contributed by atoms with van der Waals surface area (Å²) in [5.74, 6) is -0.868. The number of hydrogen-bond acceptors (Lipinski definition) is 5. The van der Waals surface area contributed by atoms with Crippen LogP contribution in [0.1, 0.15) is 21.7 Å². The molecule has 0 unspecified atom stereocenters. The van der Waals surface area contributed by atoms with Crippen molar-refractivity contribution in [3.05, 3.63) is 99.6 Å². The third-order valence-electron chi connectivity index (χ3n) is 3.95. The second kappa shape index (κ2) is 8.66. The standard InChI is InChI=1S/C21H17N3O5/c1-14-7-9-16(10-8-14)22-21(26)19(13-18-6-3-11-29-18)23-20(25)15-4-2-5-17(12-15)24(27)28/h2-13H,1H3,(H,22,26)(H,23,25)/b19-13+. The summed E-state index contributed by atoms with van der Waals surface area (Å²) in [5, 5.41) is 16.1. The summed E-state index contributed by atoms with van der Waals surface area (Å²) < 4.78 is 5.22. The highest BCUT2D eigenvalue weighted by atomic mass is 16.6. The van der Waals surface area contributed by atoms with Crippen molar-refractivity contribution in [3.8, 4) is 0 Å². The molecule has 8 nitrogen and oxygen atoms in total. The fraction of sp³-hybridized carbons (Fsp3) is 0.0476. The Bertz CT molecular complexity index is 1070. The quantitative estimate of drug-likeness (QED) is 0.376. The molecular formula is C21H17N3O5. The minimum absolute atomic E-state index is 0.0488. The van der Waals surface area contributed by atoms with Crippen molar-refractivity contribution in [2.45, 2.75) is 6.92 Å². The minimum Gasteiger partial charge on any atom is -0.465 e. The Kier molecular flexibility index (Phi) is 5.84. The van der Waals surface area contributed by atoms with Crippen molar-refractivity contribution in [1.82, 2.24) is 5.32 Å². The summed E-state index contributed by atoms with van der Waals surface area (Å²) in [6.45, 7) is 1.92. The highest BCUT2D eigenvalue weighted by Gasteiger charge is 2.17. The lowest BCUT2D eigenvalue weighted by Gasteiger charge is -2.11. The number of non-ortho nitro benzene ring substituents is 1. The van der Waals surface area contributed by atoms with Gasteiger partial charge in [0.1, 0.15) is 11.5 Å². The number of nitro groups is 1. The molecule has 0 radical (unpaired) electrons. The van der Waals surface area contributed by atoms with Gasteiger partial charge in [-0.1, -0.05) is 23.8 Å². The maximum absolute atomic E-state index is 12.7. The Labute approximate surface area is 166 Å². The monoisotopic (exact) mass is 391 g/mol. The molecule has 0 saturated heterocycles. The Hall–Kier alpha value is -4.20. The maximum Gasteiger partial charge on any atom is 0.272 e. The first-order valence-electron chi connectivity index (χ1n) is 8.61. The highest BCUT2D eigenvalue weighted by molar-refractivity contribution is 6.10. The van der Waals surface area contributed by atoms with Gasteiger partial charge in [-0.3, -0.25) is 19.7 Å². The summed E-state index contributed by atoms with van der Waals surface area (Å²) >= 11 is 0. The van der Waals surface area contributed by atoms with Gasteiger partial charge in [0.25, 0.3) is 17.5 Å². The van der Waals surface area contributed by atoms with Crippen LogP contribution in [0.3, 0.4) is 0 Å². The first kappa shape index (κ1) is 19.6. The molecule has 3 aromatic rings. The van der Waals surface area contributed by atoms with Crippen LogP contribution in [0.2, 0.25) is 0 Å². The Morgan fingerprint density at radius 1 is 1.07 bits per heavy atom. The first-order valence-corrected chi connectivity index (χ1v) is 8.61.